The minimum atomic E-state index is -0.891. The summed E-state index contributed by atoms with van der Waals surface area (Å²) in [5, 5.41) is 24.0. The molecule has 1 saturated heterocycles. The molecule has 0 aliphatic carbocycles. The summed E-state index contributed by atoms with van der Waals surface area (Å²) in [4.78, 5) is 29.2. The second-order valence-corrected chi connectivity index (χ2v) is 9.97. The van der Waals surface area contributed by atoms with Crippen LogP contribution in [0.25, 0.3) is 5.76 Å². The highest BCUT2D eigenvalue weighted by Gasteiger charge is 2.44. The fourth-order valence-electron chi connectivity index (χ4n) is 4.78. The van der Waals surface area contributed by atoms with Gasteiger partial charge >= 0.3 is 0 Å². The van der Waals surface area contributed by atoms with Crippen LogP contribution < -0.4 is 19.5 Å². The van der Waals surface area contributed by atoms with Crippen molar-refractivity contribution in [3.05, 3.63) is 94.6 Å². The highest BCUT2D eigenvalue weighted by atomic mass is 16.5. The minimum Gasteiger partial charge on any atom is -0.872 e. The van der Waals surface area contributed by atoms with E-state index >= 15 is 0 Å². The molecule has 1 amide bonds. The van der Waals surface area contributed by atoms with Crippen LogP contribution in [0.1, 0.15) is 34.7 Å². The van der Waals surface area contributed by atoms with Crippen molar-refractivity contribution >= 4 is 17.4 Å². The number of rotatable bonds is 10. The number of nitrogens with one attached hydrogen (secondary N) is 1. The van der Waals surface area contributed by atoms with E-state index in [9.17, 15) is 19.8 Å². The largest absolute Gasteiger partial charge is 0.872 e. The van der Waals surface area contributed by atoms with Crippen molar-refractivity contribution in [3.8, 4) is 17.2 Å². The molecule has 1 heterocycles. The van der Waals surface area contributed by atoms with Crippen molar-refractivity contribution in [2.24, 2.45) is 0 Å². The van der Waals surface area contributed by atoms with Gasteiger partial charge in [-0.1, -0.05) is 48.2 Å². The van der Waals surface area contributed by atoms with Crippen molar-refractivity contribution in [3.63, 3.8) is 0 Å². The fraction of sp³-hybridized carbons (Fsp3) is 0.290. The molecule has 1 aliphatic heterocycles. The van der Waals surface area contributed by atoms with Crippen molar-refractivity contribution in [1.29, 1.82) is 0 Å². The van der Waals surface area contributed by atoms with Gasteiger partial charge in [-0.3, -0.25) is 9.59 Å². The number of quaternary nitrogens is 1. The molecule has 39 heavy (non-hydrogen) atoms. The van der Waals surface area contributed by atoms with Crippen LogP contribution in [0.4, 0.5) is 0 Å². The number of carbonyl (C=O) groups excluding carboxylic acids is 2. The van der Waals surface area contributed by atoms with Crippen LogP contribution in [-0.4, -0.2) is 56.0 Å². The van der Waals surface area contributed by atoms with Crippen LogP contribution in [0.15, 0.2) is 72.3 Å². The topological polar surface area (TPSA) is 104 Å². The van der Waals surface area contributed by atoms with Crippen LogP contribution >= 0.6 is 0 Å². The number of likely N-dealkylation sites (tertiary alicyclic amines) is 1. The summed E-state index contributed by atoms with van der Waals surface area (Å²) in [6.45, 7) is 3.26. The van der Waals surface area contributed by atoms with E-state index in [1.165, 1.54) is 23.0 Å². The summed E-state index contributed by atoms with van der Waals surface area (Å²) in [6.07, 6.45) is 0.654. The van der Waals surface area contributed by atoms with Crippen LogP contribution in [0, 0.1) is 6.92 Å². The number of benzene rings is 3. The lowest BCUT2D eigenvalue weighted by atomic mass is 9.93. The smallest absolute Gasteiger partial charge is 0.295 e. The molecule has 0 aromatic heterocycles. The van der Waals surface area contributed by atoms with Gasteiger partial charge in [-0.05, 0) is 53.4 Å². The fourth-order valence-corrected chi connectivity index (χ4v) is 4.78. The van der Waals surface area contributed by atoms with Gasteiger partial charge in [-0.2, -0.15) is 0 Å². The second-order valence-electron chi connectivity index (χ2n) is 9.97. The number of methoxy groups -OCH3 is 1. The lowest BCUT2D eigenvalue weighted by Gasteiger charge is -2.28. The van der Waals surface area contributed by atoms with Gasteiger partial charge in [-0.25, -0.2) is 0 Å². The average Bonchev–Trinajstić information content (AvgIpc) is 3.17. The summed E-state index contributed by atoms with van der Waals surface area (Å²) in [5.41, 5.74) is 2.39. The van der Waals surface area contributed by atoms with Gasteiger partial charge < -0.3 is 29.5 Å². The Morgan fingerprint density at radius 3 is 2.46 bits per heavy atom. The van der Waals surface area contributed by atoms with Gasteiger partial charge in [0.05, 0.1) is 33.8 Å². The molecule has 0 radical (unpaired) electrons. The quantitative estimate of drug-likeness (QED) is 0.236. The highest BCUT2D eigenvalue weighted by molar-refractivity contribution is 6.46. The van der Waals surface area contributed by atoms with Gasteiger partial charge in [0, 0.05) is 18.5 Å². The van der Waals surface area contributed by atoms with E-state index in [1.54, 1.807) is 37.3 Å². The first-order valence-corrected chi connectivity index (χ1v) is 12.9. The predicted octanol–water partition coefficient (Wildman–Crippen LogP) is 2.05. The number of nitrogens with zero attached hydrogens (tertiary/aromatic N) is 1. The average molecular weight is 531 g/mol. The van der Waals surface area contributed by atoms with E-state index in [4.69, 9.17) is 9.47 Å². The van der Waals surface area contributed by atoms with E-state index in [1.807, 2.05) is 44.4 Å². The third kappa shape index (κ3) is 6.07. The van der Waals surface area contributed by atoms with Crippen LogP contribution in [0.2, 0.25) is 0 Å². The molecule has 1 unspecified atom stereocenters. The van der Waals surface area contributed by atoms with E-state index in [2.05, 4.69) is 0 Å². The normalized spacial score (nSPS) is 16.6. The number of ketones is 1. The Balaban J connectivity index is 1.72. The van der Waals surface area contributed by atoms with Gasteiger partial charge in [0.2, 0.25) is 5.78 Å². The Kier molecular flexibility index (Phi) is 8.56. The van der Waals surface area contributed by atoms with Gasteiger partial charge in [0.25, 0.3) is 5.91 Å². The molecule has 204 valence electrons. The molecule has 4 rings (SSSR count). The van der Waals surface area contributed by atoms with Gasteiger partial charge in [0.15, 0.2) is 11.5 Å². The molecule has 3 aromatic rings. The number of phenolic OH excluding ortho intramolecular Hbond substituents is 1. The maximum atomic E-state index is 13.9. The first-order chi connectivity index (χ1) is 18.7. The van der Waals surface area contributed by atoms with E-state index < -0.39 is 23.5 Å². The van der Waals surface area contributed by atoms with E-state index in [0.717, 1.165) is 12.1 Å². The highest BCUT2D eigenvalue weighted by Crippen LogP contribution is 2.41. The zero-order chi connectivity index (χ0) is 28.1. The molecular formula is C31H34N2O6. The molecular weight excluding hydrogens is 496 g/mol. The first kappa shape index (κ1) is 27.7. The number of hydrogen-bond donors (Lipinski definition) is 2. The van der Waals surface area contributed by atoms with Crippen LogP contribution in [-0.2, 0) is 16.2 Å². The number of phenols is 1. The summed E-state index contributed by atoms with van der Waals surface area (Å²) in [5.74, 6) is -1.30. The molecule has 0 saturated carbocycles. The number of aromatic hydroxyl groups is 1. The number of aryl methyl sites for hydroxylation is 1. The van der Waals surface area contributed by atoms with Gasteiger partial charge in [-0.15, -0.1) is 0 Å². The molecule has 3 aromatic carbocycles. The Bertz CT molecular complexity index is 1380. The molecule has 2 N–H and O–H groups in total. The van der Waals surface area contributed by atoms with Crippen molar-refractivity contribution in [2.75, 3.05) is 34.3 Å². The molecule has 1 aliphatic rings. The lowest BCUT2D eigenvalue weighted by molar-refractivity contribution is -0.858. The number of Topliss-reactive ketones (excluding diaryl/α,β-unsaturated/α-hetero) is 1. The van der Waals surface area contributed by atoms with Crippen LogP contribution in [0.5, 0.6) is 17.2 Å². The van der Waals surface area contributed by atoms with Gasteiger partial charge in [0.1, 0.15) is 12.4 Å². The zero-order valence-corrected chi connectivity index (χ0v) is 22.7. The summed E-state index contributed by atoms with van der Waals surface area (Å²) >= 11 is 0. The Labute approximate surface area is 228 Å². The van der Waals surface area contributed by atoms with Crippen molar-refractivity contribution in [2.45, 2.75) is 26.0 Å². The van der Waals surface area contributed by atoms with Crippen molar-refractivity contribution in [1.82, 2.24) is 4.90 Å². The molecule has 0 bridgehead atoms. The number of amides is 1. The number of ether oxygens (including phenoxy) is 2. The third-order valence-corrected chi connectivity index (χ3v) is 6.82. The van der Waals surface area contributed by atoms with Crippen molar-refractivity contribution < 1.29 is 34.2 Å². The zero-order valence-electron chi connectivity index (χ0n) is 22.7. The number of hydrogen-bond acceptors (Lipinski definition) is 6. The third-order valence-electron chi connectivity index (χ3n) is 6.82. The molecule has 0 spiro atoms. The Morgan fingerprint density at radius 1 is 1.05 bits per heavy atom. The first-order valence-electron chi connectivity index (χ1n) is 12.9. The Hall–Kier alpha value is -4.30. The predicted molar refractivity (Wildman–Crippen MR) is 145 cm³/mol. The summed E-state index contributed by atoms with van der Waals surface area (Å²) in [7, 11) is 5.44. The standard InChI is InChI=1S/C31H34N2O6/c1-20-17-23(39-19-21-9-6-5-7-10-21)12-13-24(20)29(35)27-28(22-11-14-25(34)26(18-22)38-4)33(31(37)30(27)36)16-8-15-32(2)3/h5-7,9-14,17-18,28,34-35H,8,15-16,19H2,1-4H3. The second kappa shape index (κ2) is 12.0. The molecule has 8 nitrogen and oxygen atoms in total. The summed E-state index contributed by atoms with van der Waals surface area (Å²) in [6, 6.07) is 18.6. The SMILES string of the molecule is COc1cc(C2C(=C([O-])c3ccc(OCc4ccccc4)cc3C)C(=O)C(=O)N2CCC[NH+](C)C)ccc1O. The maximum Gasteiger partial charge on any atom is 0.295 e. The monoisotopic (exact) mass is 530 g/mol. The summed E-state index contributed by atoms with van der Waals surface area (Å²) < 4.78 is 11.2. The minimum absolute atomic E-state index is 0.0746. The molecule has 1 fully saturated rings. The van der Waals surface area contributed by atoms with E-state index in [-0.39, 0.29) is 17.1 Å². The Morgan fingerprint density at radius 2 is 1.79 bits per heavy atom. The number of carbonyl (C=O) groups is 2. The lowest BCUT2D eigenvalue weighted by Crippen LogP contribution is -3.05. The molecule has 8 heteroatoms. The molecule has 1 atom stereocenters. The van der Waals surface area contributed by atoms with Crippen LogP contribution in [0.3, 0.4) is 0 Å². The van der Waals surface area contributed by atoms with E-state index in [0.29, 0.717) is 42.0 Å². The maximum absolute atomic E-state index is 13.9.